The molecule has 0 saturated carbocycles. The normalized spacial score (nSPS) is 12.8. The van der Waals surface area contributed by atoms with E-state index in [1.807, 2.05) is 20.8 Å². The monoisotopic (exact) mass is 375 g/mol. The maximum Gasteiger partial charge on any atom is 0.305 e. The summed E-state index contributed by atoms with van der Waals surface area (Å²) in [4.78, 5) is 23.2. The lowest BCUT2D eigenvalue weighted by Crippen LogP contribution is -2.39. The molecule has 1 amide bonds. The topological polar surface area (TPSA) is 66.4 Å². The minimum atomic E-state index is -0.938. The Morgan fingerprint density at radius 2 is 2.00 bits per heavy atom. The van der Waals surface area contributed by atoms with Gasteiger partial charge in [-0.15, -0.1) is 0 Å². The Hall–Kier alpha value is -1.07. The molecule has 1 aromatic carbocycles. The van der Waals surface area contributed by atoms with E-state index in [-0.39, 0.29) is 17.7 Å². The van der Waals surface area contributed by atoms with Gasteiger partial charge in [0.25, 0.3) is 5.91 Å². The van der Waals surface area contributed by atoms with Crippen LogP contribution >= 0.6 is 27.5 Å². The lowest BCUT2D eigenvalue weighted by atomic mass is 9.87. The molecule has 21 heavy (non-hydrogen) atoms. The lowest BCUT2D eigenvalue weighted by Gasteiger charge is -2.26. The van der Waals surface area contributed by atoms with Crippen LogP contribution in [-0.4, -0.2) is 23.0 Å². The fourth-order valence-electron chi connectivity index (χ4n) is 2.06. The van der Waals surface area contributed by atoms with Gasteiger partial charge >= 0.3 is 5.97 Å². The predicted octanol–water partition coefficient (Wildman–Crippen LogP) is 4.11. The average molecular weight is 377 g/mol. The number of carbonyl (C=O) groups is 2. The van der Waals surface area contributed by atoms with Gasteiger partial charge in [0.05, 0.1) is 17.0 Å². The summed E-state index contributed by atoms with van der Waals surface area (Å²) in [6.07, 6.45) is 0.455. The minimum Gasteiger partial charge on any atom is -0.481 e. The van der Waals surface area contributed by atoms with Crippen molar-refractivity contribution in [1.82, 2.24) is 5.32 Å². The van der Waals surface area contributed by atoms with Crippen LogP contribution in [0.5, 0.6) is 0 Å². The van der Waals surface area contributed by atoms with E-state index in [1.54, 1.807) is 18.2 Å². The maximum absolute atomic E-state index is 12.3. The average Bonchev–Trinajstić information content (AvgIpc) is 2.24. The van der Waals surface area contributed by atoms with Crippen molar-refractivity contribution in [2.24, 2.45) is 5.41 Å². The van der Waals surface area contributed by atoms with E-state index in [1.165, 1.54) is 0 Å². The molecule has 0 saturated heterocycles. The molecule has 116 valence electrons. The third kappa shape index (κ3) is 6.48. The second kappa shape index (κ2) is 7.27. The van der Waals surface area contributed by atoms with Crippen molar-refractivity contribution in [2.45, 2.75) is 39.7 Å². The Bertz CT molecular complexity index is 540. The second-order valence-corrected chi connectivity index (χ2v) is 7.48. The van der Waals surface area contributed by atoms with Crippen molar-refractivity contribution in [3.05, 3.63) is 33.3 Å². The van der Waals surface area contributed by atoms with Crippen LogP contribution in [0.1, 0.15) is 44.0 Å². The number of carboxylic acids is 1. The van der Waals surface area contributed by atoms with Crippen LogP contribution < -0.4 is 5.32 Å². The first kappa shape index (κ1) is 18.0. The summed E-state index contributed by atoms with van der Waals surface area (Å²) >= 11 is 9.31. The van der Waals surface area contributed by atoms with Gasteiger partial charge in [-0.05, 0) is 30.0 Å². The Morgan fingerprint density at radius 3 is 2.48 bits per heavy atom. The summed E-state index contributed by atoms with van der Waals surface area (Å²) in [6.45, 7) is 6.00. The lowest BCUT2D eigenvalue weighted by molar-refractivity contribution is -0.137. The third-order valence-electron chi connectivity index (χ3n) is 2.79. The fraction of sp³-hybridized carbons (Fsp3) is 0.467. The zero-order valence-corrected chi connectivity index (χ0v) is 14.6. The zero-order chi connectivity index (χ0) is 16.2. The maximum atomic E-state index is 12.3. The van der Waals surface area contributed by atoms with Gasteiger partial charge in [-0.1, -0.05) is 48.3 Å². The molecule has 0 fully saturated rings. The molecule has 0 radical (unpaired) electrons. The molecule has 0 aliphatic heterocycles. The molecule has 1 rings (SSSR count). The summed E-state index contributed by atoms with van der Waals surface area (Å²) in [7, 11) is 0. The first-order chi connectivity index (χ1) is 9.58. The summed E-state index contributed by atoms with van der Waals surface area (Å²) in [5, 5.41) is 12.1. The number of aliphatic carboxylic acids is 1. The van der Waals surface area contributed by atoms with Crippen LogP contribution in [0, 0.1) is 5.41 Å². The van der Waals surface area contributed by atoms with Gasteiger partial charge in [-0.25, -0.2) is 0 Å². The third-order valence-corrected chi connectivity index (χ3v) is 3.60. The SMILES string of the molecule is CC(C)(C)CC(CC(=O)O)NC(=O)c1ccc(Br)cc1Cl. The highest BCUT2D eigenvalue weighted by molar-refractivity contribution is 9.10. The van der Waals surface area contributed by atoms with Gasteiger partial charge in [0.15, 0.2) is 0 Å². The standard InChI is InChI=1S/C15H19BrClNO3/c1-15(2,3)8-10(7-13(19)20)18-14(21)11-5-4-9(16)6-12(11)17/h4-6,10H,7-8H2,1-3H3,(H,18,21)(H,19,20). The number of carboxylic acid groups (broad SMARTS) is 1. The van der Waals surface area contributed by atoms with Crippen molar-refractivity contribution >= 4 is 39.4 Å². The van der Waals surface area contributed by atoms with E-state index in [0.29, 0.717) is 17.0 Å². The van der Waals surface area contributed by atoms with E-state index in [4.69, 9.17) is 16.7 Å². The largest absolute Gasteiger partial charge is 0.481 e. The molecule has 1 aromatic rings. The first-order valence-corrected chi connectivity index (χ1v) is 7.73. The van der Waals surface area contributed by atoms with Crippen LogP contribution in [0.25, 0.3) is 0 Å². The smallest absolute Gasteiger partial charge is 0.305 e. The number of carbonyl (C=O) groups excluding carboxylic acids is 1. The molecule has 0 heterocycles. The molecule has 0 aliphatic rings. The molecule has 1 atom stereocenters. The molecule has 1 unspecified atom stereocenters. The number of hydrogen-bond donors (Lipinski definition) is 2. The Labute approximate surface area is 138 Å². The number of halogens is 2. The minimum absolute atomic E-state index is 0.0864. The van der Waals surface area contributed by atoms with Crippen LogP contribution in [-0.2, 0) is 4.79 Å². The second-order valence-electron chi connectivity index (χ2n) is 6.16. The Balaban J connectivity index is 2.86. The molecule has 4 nitrogen and oxygen atoms in total. The molecule has 0 aromatic heterocycles. The van der Waals surface area contributed by atoms with E-state index >= 15 is 0 Å². The quantitative estimate of drug-likeness (QED) is 0.812. The van der Waals surface area contributed by atoms with Gasteiger partial charge in [0, 0.05) is 10.5 Å². The highest BCUT2D eigenvalue weighted by Crippen LogP contribution is 2.24. The van der Waals surface area contributed by atoms with E-state index in [2.05, 4.69) is 21.2 Å². The summed E-state index contributed by atoms with van der Waals surface area (Å²) in [6, 6.07) is 4.52. The van der Waals surface area contributed by atoms with Gasteiger partial charge in [0.2, 0.25) is 0 Å². The number of amides is 1. The van der Waals surface area contributed by atoms with Crippen molar-refractivity contribution < 1.29 is 14.7 Å². The predicted molar refractivity (Wildman–Crippen MR) is 86.7 cm³/mol. The molecule has 0 aliphatic carbocycles. The highest BCUT2D eigenvalue weighted by atomic mass is 79.9. The van der Waals surface area contributed by atoms with Crippen LogP contribution in [0.4, 0.5) is 0 Å². The molecular formula is C15H19BrClNO3. The summed E-state index contributed by atoms with van der Waals surface area (Å²) in [5.74, 6) is -1.30. The molecule has 0 bridgehead atoms. The summed E-state index contributed by atoms with van der Waals surface area (Å²) in [5.41, 5.74) is 0.251. The van der Waals surface area contributed by atoms with E-state index in [9.17, 15) is 9.59 Å². The highest BCUT2D eigenvalue weighted by Gasteiger charge is 2.23. The van der Waals surface area contributed by atoms with E-state index in [0.717, 1.165) is 4.47 Å². The fourth-order valence-corrected chi connectivity index (χ4v) is 2.82. The summed E-state index contributed by atoms with van der Waals surface area (Å²) < 4.78 is 0.779. The molecular weight excluding hydrogens is 358 g/mol. The number of rotatable bonds is 5. The van der Waals surface area contributed by atoms with Crippen LogP contribution in [0.2, 0.25) is 5.02 Å². The Morgan fingerprint density at radius 1 is 1.38 bits per heavy atom. The number of benzene rings is 1. The number of nitrogens with one attached hydrogen (secondary N) is 1. The van der Waals surface area contributed by atoms with E-state index < -0.39 is 12.0 Å². The first-order valence-electron chi connectivity index (χ1n) is 6.56. The van der Waals surface area contributed by atoms with Crippen LogP contribution in [0.15, 0.2) is 22.7 Å². The van der Waals surface area contributed by atoms with Crippen molar-refractivity contribution in [3.8, 4) is 0 Å². The Kier molecular flexibility index (Phi) is 6.23. The van der Waals surface area contributed by atoms with Gasteiger partial charge in [0.1, 0.15) is 0 Å². The van der Waals surface area contributed by atoms with Crippen molar-refractivity contribution in [3.63, 3.8) is 0 Å². The van der Waals surface area contributed by atoms with Crippen LogP contribution in [0.3, 0.4) is 0 Å². The molecule has 6 heteroatoms. The van der Waals surface area contributed by atoms with Gasteiger partial charge < -0.3 is 10.4 Å². The van der Waals surface area contributed by atoms with Crippen molar-refractivity contribution in [1.29, 1.82) is 0 Å². The zero-order valence-electron chi connectivity index (χ0n) is 12.2. The van der Waals surface area contributed by atoms with Gasteiger partial charge in [-0.2, -0.15) is 0 Å². The molecule has 2 N–H and O–H groups in total. The number of hydrogen-bond acceptors (Lipinski definition) is 2. The van der Waals surface area contributed by atoms with Gasteiger partial charge in [-0.3, -0.25) is 9.59 Å². The van der Waals surface area contributed by atoms with Crippen molar-refractivity contribution in [2.75, 3.05) is 0 Å². The molecule has 0 spiro atoms.